The summed E-state index contributed by atoms with van der Waals surface area (Å²) in [5.41, 5.74) is 4.66. The smallest absolute Gasteiger partial charge is 0.0513 e. The minimum atomic E-state index is 0.477. The summed E-state index contributed by atoms with van der Waals surface area (Å²) in [7, 11) is 0. The first-order valence-corrected chi connectivity index (χ1v) is 8.31. The van der Waals surface area contributed by atoms with E-state index in [0.29, 0.717) is 12.0 Å². The van der Waals surface area contributed by atoms with Crippen LogP contribution in [0, 0.1) is 5.92 Å². The molecule has 2 atom stereocenters. The zero-order valence-electron chi connectivity index (χ0n) is 12.7. The fraction of sp³-hybridized carbons (Fsp3) is 0.667. The lowest BCUT2D eigenvalue weighted by Crippen LogP contribution is -2.29. The van der Waals surface area contributed by atoms with Crippen molar-refractivity contribution in [3.8, 4) is 0 Å². The molecule has 1 N–H and O–H groups in total. The van der Waals surface area contributed by atoms with Crippen molar-refractivity contribution in [3.63, 3.8) is 0 Å². The van der Waals surface area contributed by atoms with E-state index >= 15 is 0 Å². The van der Waals surface area contributed by atoms with E-state index in [2.05, 4.69) is 30.4 Å². The summed E-state index contributed by atoms with van der Waals surface area (Å²) >= 11 is 0. The van der Waals surface area contributed by atoms with Crippen LogP contribution in [0.25, 0.3) is 0 Å². The summed E-state index contributed by atoms with van der Waals surface area (Å²) in [4.78, 5) is 0. The highest BCUT2D eigenvalue weighted by molar-refractivity contribution is 5.35. The first kappa shape index (κ1) is 14.1. The van der Waals surface area contributed by atoms with Crippen LogP contribution < -0.4 is 5.32 Å². The summed E-state index contributed by atoms with van der Waals surface area (Å²) in [5, 5.41) is 3.75. The van der Waals surface area contributed by atoms with Crippen molar-refractivity contribution in [2.24, 2.45) is 5.92 Å². The normalized spacial score (nSPS) is 23.6. The second kappa shape index (κ2) is 6.73. The average Bonchev–Trinajstić information content (AvgIpc) is 3.02. The molecule has 0 aromatic heterocycles. The third kappa shape index (κ3) is 3.07. The van der Waals surface area contributed by atoms with Gasteiger partial charge >= 0.3 is 0 Å². The van der Waals surface area contributed by atoms with Crippen LogP contribution in [0.3, 0.4) is 0 Å². The second-order valence-corrected chi connectivity index (χ2v) is 6.29. The number of fused-ring (bicyclic) bond motifs is 1. The van der Waals surface area contributed by atoms with Crippen LogP contribution in [0.5, 0.6) is 0 Å². The van der Waals surface area contributed by atoms with Gasteiger partial charge in [-0.3, -0.25) is 0 Å². The van der Waals surface area contributed by atoms with E-state index < -0.39 is 0 Å². The van der Waals surface area contributed by atoms with Crippen molar-refractivity contribution >= 4 is 0 Å². The predicted octanol–water partition coefficient (Wildman–Crippen LogP) is 3.64. The van der Waals surface area contributed by atoms with Gasteiger partial charge in [-0.2, -0.15) is 0 Å². The van der Waals surface area contributed by atoms with Crippen molar-refractivity contribution in [1.82, 2.24) is 5.32 Å². The van der Waals surface area contributed by atoms with E-state index in [1.54, 1.807) is 11.1 Å². The molecule has 110 valence electrons. The number of rotatable bonds is 5. The Morgan fingerprint density at radius 1 is 1.25 bits per heavy atom. The number of hydrogen-bond acceptors (Lipinski definition) is 2. The molecule has 1 aliphatic heterocycles. The number of ether oxygens (including phenoxy) is 1. The van der Waals surface area contributed by atoms with Crippen LogP contribution in [-0.2, 0) is 17.6 Å². The summed E-state index contributed by atoms with van der Waals surface area (Å²) in [6, 6.07) is 7.68. The van der Waals surface area contributed by atoms with Crippen molar-refractivity contribution in [2.75, 3.05) is 19.8 Å². The highest BCUT2D eigenvalue weighted by Gasteiger charge is 2.27. The van der Waals surface area contributed by atoms with Gasteiger partial charge in [-0.15, -0.1) is 0 Å². The summed E-state index contributed by atoms with van der Waals surface area (Å²) < 4.78 is 5.61. The van der Waals surface area contributed by atoms with E-state index in [0.717, 1.165) is 19.8 Å². The minimum Gasteiger partial charge on any atom is -0.381 e. The molecule has 2 unspecified atom stereocenters. The van der Waals surface area contributed by atoms with Crippen LogP contribution in [0.1, 0.15) is 55.3 Å². The molecule has 0 amide bonds. The molecule has 2 heteroatoms. The Hall–Kier alpha value is -0.860. The number of benzene rings is 1. The molecule has 2 aliphatic rings. The maximum absolute atomic E-state index is 5.61. The van der Waals surface area contributed by atoms with Gasteiger partial charge in [0.25, 0.3) is 0 Å². The standard InChI is InChI=1S/C18H27NO/c1-2-10-19-18(17-9-11-20-13-17)16-8-7-14-5-3-4-6-15(14)12-16/h7-8,12,17-19H,2-6,9-11,13H2,1H3. The van der Waals surface area contributed by atoms with Gasteiger partial charge in [-0.05, 0) is 61.8 Å². The Morgan fingerprint density at radius 3 is 2.85 bits per heavy atom. The van der Waals surface area contributed by atoms with E-state index in [4.69, 9.17) is 4.74 Å². The summed E-state index contributed by atoms with van der Waals surface area (Å²) in [6.45, 7) is 5.18. The minimum absolute atomic E-state index is 0.477. The Morgan fingerprint density at radius 2 is 2.10 bits per heavy atom. The maximum Gasteiger partial charge on any atom is 0.0513 e. The van der Waals surface area contributed by atoms with E-state index in [1.807, 2.05) is 0 Å². The van der Waals surface area contributed by atoms with Crippen molar-refractivity contribution in [2.45, 2.75) is 51.5 Å². The number of aryl methyl sites for hydroxylation is 2. The molecule has 2 nitrogen and oxygen atoms in total. The average molecular weight is 273 g/mol. The molecular formula is C18H27NO. The molecule has 1 saturated heterocycles. The zero-order valence-corrected chi connectivity index (χ0v) is 12.7. The predicted molar refractivity (Wildman–Crippen MR) is 83.0 cm³/mol. The van der Waals surface area contributed by atoms with Gasteiger partial charge in [0.05, 0.1) is 6.61 Å². The second-order valence-electron chi connectivity index (χ2n) is 6.29. The zero-order chi connectivity index (χ0) is 13.8. The molecule has 0 radical (unpaired) electrons. The molecule has 1 heterocycles. The molecule has 20 heavy (non-hydrogen) atoms. The van der Waals surface area contributed by atoms with Crippen molar-refractivity contribution in [1.29, 1.82) is 0 Å². The number of hydrogen-bond donors (Lipinski definition) is 1. The SMILES string of the molecule is CCCNC(c1ccc2c(c1)CCCC2)C1CCOC1. The van der Waals surface area contributed by atoms with E-state index in [9.17, 15) is 0 Å². The third-order valence-electron chi connectivity index (χ3n) is 4.78. The highest BCUT2D eigenvalue weighted by Crippen LogP contribution is 2.31. The lowest BCUT2D eigenvalue weighted by molar-refractivity contribution is 0.176. The Balaban J connectivity index is 1.81. The van der Waals surface area contributed by atoms with Crippen LogP contribution in [-0.4, -0.2) is 19.8 Å². The van der Waals surface area contributed by atoms with Gasteiger partial charge < -0.3 is 10.1 Å². The Kier molecular flexibility index (Phi) is 4.74. The number of nitrogens with one attached hydrogen (secondary N) is 1. The van der Waals surface area contributed by atoms with Crippen LogP contribution in [0.15, 0.2) is 18.2 Å². The topological polar surface area (TPSA) is 21.3 Å². The van der Waals surface area contributed by atoms with Crippen LogP contribution in [0.2, 0.25) is 0 Å². The highest BCUT2D eigenvalue weighted by atomic mass is 16.5. The lowest BCUT2D eigenvalue weighted by Gasteiger charge is -2.26. The first-order chi connectivity index (χ1) is 9.88. The van der Waals surface area contributed by atoms with Gasteiger partial charge in [-0.25, -0.2) is 0 Å². The van der Waals surface area contributed by atoms with Gasteiger partial charge in [0.2, 0.25) is 0 Å². The van der Waals surface area contributed by atoms with Gasteiger partial charge in [0.15, 0.2) is 0 Å². The van der Waals surface area contributed by atoms with E-state index in [-0.39, 0.29) is 0 Å². The Bertz CT molecular complexity index is 437. The van der Waals surface area contributed by atoms with Crippen LogP contribution in [0.4, 0.5) is 0 Å². The summed E-state index contributed by atoms with van der Waals surface area (Å²) in [5.74, 6) is 0.642. The van der Waals surface area contributed by atoms with Gasteiger partial charge in [0.1, 0.15) is 0 Å². The van der Waals surface area contributed by atoms with Crippen molar-refractivity contribution in [3.05, 3.63) is 34.9 Å². The maximum atomic E-state index is 5.61. The third-order valence-corrected chi connectivity index (χ3v) is 4.78. The molecular weight excluding hydrogens is 246 g/mol. The molecule has 1 aromatic carbocycles. The first-order valence-electron chi connectivity index (χ1n) is 8.31. The fourth-order valence-corrected chi connectivity index (χ4v) is 3.62. The molecule has 0 spiro atoms. The molecule has 1 aromatic rings. The van der Waals surface area contributed by atoms with Crippen molar-refractivity contribution < 1.29 is 4.74 Å². The largest absolute Gasteiger partial charge is 0.381 e. The Labute approximate surface area is 122 Å². The molecule has 1 aliphatic carbocycles. The molecule has 3 rings (SSSR count). The molecule has 0 saturated carbocycles. The van der Waals surface area contributed by atoms with E-state index in [1.165, 1.54) is 44.1 Å². The molecule has 0 bridgehead atoms. The van der Waals surface area contributed by atoms with Crippen LogP contribution >= 0.6 is 0 Å². The molecule has 1 fully saturated rings. The van der Waals surface area contributed by atoms with Gasteiger partial charge in [-0.1, -0.05) is 25.1 Å². The quantitative estimate of drug-likeness (QED) is 0.884. The summed E-state index contributed by atoms with van der Waals surface area (Å²) in [6.07, 6.45) is 7.64. The van der Waals surface area contributed by atoms with Gasteiger partial charge in [0, 0.05) is 18.6 Å². The monoisotopic (exact) mass is 273 g/mol. The lowest BCUT2D eigenvalue weighted by atomic mass is 9.86. The fourth-order valence-electron chi connectivity index (χ4n) is 3.62.